The van der Waals surface area contributed by atoms with E-state index in [9.17, 15) is 16.8 Å². The van der Waals surface area contributed by atoms with E-state index in [1.807, 2.05) is 13.8 Å². The molecule has 0 aliphatic rings. The van der Waals surface area contributed by atoms with Crippen molar-refractivity contribution >= 4 is 31.4 Å². The molecule has 9 heteroatoms. The molecule has 0 saturated carbocycles. The van der Waals surface area contributed by atoms with Gasteiger partial charge in [-0.05, 0) is 96.8 Å². The Hall–Kier alpha value is -3.82. The van der Waals surface area contributed by atoms with Gasteiger partial charge in [0.2, 0.25) is 0 Å². The van der Waals surface area contributed by atoms with Gasteiger partial charge in [0.05, 0.1) is 9.79 Å². The lowest BCUT2D eigenvalue weighted by atomic mass is 10.2. The Kier molecular flexibility index (Phi) is 7.85. The van der Waals surface area contributed by atoms with Gasteiger partial charge in [-0.1, -0.05) is 38.1 Å². The number of aryl methyl sites for hydroxylation is 2. The van der Waals surface area contributed by atoms with E-state index in [0.717, 1.165) is 24.0 Å². The molecule has 0 aliphatic carbocycles. The maximum absolute atomic E-state index is 12.6. The first kappa shape index (κ1) is 26.2. The van der Waals surface area contributed by atoms with Gasteiger partial charge in [-0.3, -0.25) is 9.44 Å². The van der Waals surface area contributed by atoms with Crippen LogP contribution in [0.2, 0.25) is 0 Å². The van der Waals surface area contributed by atoms with Gasteiger partial charge in [-0.2, -0.15) is 0 Å². The number of rotatable bonds is 10. The molecule has 0 radical (unpaired) electrons. The highest BCUT2D eigenvalue weighted by atomic mass is 32.2. The van der Waals surface area contributed by atoms with Gasteiger partial charge in [0.15, 0.2) is 0 Å². The van der Waals surface area contributed by atoms with E-state index < -0.39 is 20.0 Å². The molecule has 0 aliphatic heterocycles. The molecule has 0 amide bonds. The molecule has 0 unspecified atom stereocenters. The molecule has 0 bridgehead atoms. The molecule has 0 heterocycles. The maximum Gasteiger partial charge on any atom is 0.261 e. The van der Waals surface area contributed by atoms with Crippen LogP contribution in [-0.4, -0.2) is 16.8 Å². The van der Waals surface area contributed by atoms with Crippen LogP contribution in [0.15, 0.2) is 107 Å². The van der Waals surface area contributed by atoms with Crippen molar-refractivity contribution in [2.75, 3.05) is 9.44 Å². The summed E-state index contributed by atoms with van der Waals surface area (Å²) in [4.78, 5) is 0.387. The number of hydrogen-bond donors (Lipinski definition) is 2. The summed E-state index contributed by atoms with van der Waals surface area (Å²) in [6.07, 6.45) is 1.67. The second kappa shape index (κ2) is 11.1. The fourth-order valence-electron chi connectivity index (χ4n) is 3.55. The minimum atomic E-state index is -3.70. The van der Waals surface area contributed by atoms with E-state index in [1.54, 1.807) is 97.1 Å². The molecule has 0 aromatic heterocycles. The lowest BCUT2D eigenvalue weighted by molar-refractivity contribution is 0.483. The zero-order chi connectivity index (χ0) is 26.5. The van der Waals surface area contributed by atoms with Crippen molar-refractivity contribution in [3.05, 3.63) is 108 Å². The molecule has 0 atom stereocenters. The summed E-state index contributed by atoms with van der Waals surface area (Å²) >= 11 is 0. The molecule has 37 heavy (non-hydrogen) atoms. The zero-order valence-electron chi connectivity index (χ0n) is 20.5. The summed E-state index contributed by atoms with van der Waals surface area (Å²) in [6.45, 7) is 4.02. The maximum atomic E-state index is 12.6. The van der Waals surface area contributed by atoms with Gasteiger partial charge < -0.3 is 4.74 Å². The molecule has 2 N–H and O–H groups in total. The summed E-state index contributed by atoms with van der Waals surface area (Å²) in [7, 11) is -7.40. The third-order valence-electron chi connectivity index (χ3n) is 5.73. The minimum absolute atomic E-state index is 0.193. The number of hydrogen-bond acceptors (Lipinski definition) is 5. The van der Waals surface area contributed by atoms with E-state index in [4.69, 9.17) is 4.74 Å². The number of anilines is 2. The van der Waals surface area contributed by atoms with Crippen LogP contribution in [-0.2, 0) is 32.9 Å². The van der Waals surface area contributed by atoms with Gasteiger partial charge in [-0.25, -0.2) is 16.8 Å². The number of sulfonamides is 2. The van der Waals surface area contributed by atoms with Crippen LogP contribution in [0.3, 0.4) is 0 Å². The Morgan fingerprint density at radius 1 is 0.514 bits per heavy atom. The summed E-state index contributed by atoms with van der Waals surface area (Å²) in [6, 6.07) is 26.6. The molecule has 0 fully saturated rings. The van der Waals surface area contributed by atoms with Crippen molar-refractivity contribution in [3.63, 3.8) is 0 Å². The third kappa shape index (κ3) is 6.69. The summed E-state index contributed by atoms with van der Waals surface area (Å²) < 4.78 is 61.5. The van der Waals surface area contributed by atoms with Gasteiger partial charge in [0, 0.05) is 11.4 Å². The van der Waals surface area contributed by atoms with Crippen molar-refractivity contribution < 1.29 is 21.6 Å². The molecule has 4 rings (SSSR count). The van der Waals surface area contributed by atoms with Crippen molar-refractivity contribution in [3.8, 4) is 11.5 Å². The van der Waals surface area contributed by atoms with Crippen LogP contribution >= 0.6 is 0 Å². The fourth-order valence-corrected chi connectivity index (χ4v) is 5.67. The Morgan fingerprint density at radius 3 is 1.14 bits per heavy atom. The lowest BCUT2D eigenvalue weighted by Gasteiger charge is -2.11. The van der Waals surface area contributed by atoms with Crippen LogP contribution in [0.5, 0.6) is 11.5 Å². The van der Waals surface area contributed by atoms with Crippen LogP contribution in [0.25, 0.3) is 0 Å². The van der Waals surface area contributed by atoms with Gasteiger partial charge >= 0.3 is 0 Å². The van der Waals surface area contributed by atoms with Crippen LogP contribution in [0.4, 0.5) is 11.4 Å². The average molecular weight is 537 g/mol. The molecule has 0 saturated heterocycles. The van der Waals surface area contributed by atoms with Crippen LogP contribution in [0.1, 0.15) is 25.0 Å². The molecule has 4 aromatic carbocycles. The fraction of sp³-hybridized carbons (Fsp3) is 0.143. The van der Waals surface area contributed by atoms with E-state index in [-0.39, 0.29) is 9.79 Å². The lowest BCUT2D eigenvalue weighted by Crippen LogP contribution is -2.12. The number of nitrogens with one attached hydrogen (secondary N) is 2. The minimum Gasteiger partial charge on any atom is -0.457 e. The topological polar surface area (TPSA) is 102 Å². The summed E-state index contributed by atoms with van der Waals surface area (Å²) in [5, 5.41) is 0. The Balaban J connectivity index is 1.37. The number of ether oxygens (including phenoxy) is 1. The first-order valence-electron chi connectivity index (χ1n) is 11.8. The monoisotopic (exact) mass is 536 g/mol. The predicted molar refractivity (Wildman–Crippen MR) is 146 cm³/mol. The van der Waals surface area contributed by atoms with Crippen molar-refractivity contribution in [1.82, 2.24) is 0 Å². The SMILES string of the molecule is CCc1ccc(S(=O)(=O)Nc2ccc(Oc3ccc(NS(=O)(=O)c4ccc(CC)cc4)cc3)cc2)cc1. The van der Waals surface area contributed by atoms with E-state index in [1.165, 1.54) is 0 Å². The van der Waals surface area contributed by atoms with Gasteiger partial charge in [-0.15, -0.1) is 0 Å². The molecule has 192 valence electrons. The predicted octanol–water partition coefficient (Wildman–Crippen LogP) is 6.21. The average Bonchev–Trinajstić information content (AvgIpc) is 2.90. The van der Waals surface area contributed by atoms with E-state index in [2.05, 4.69) is 9.44 Å². The molecule has 7 nitrogen and oxygen atoms in total. The van der Waals surface area contributed by atoms with Crippen molar-refractivity contribution in [2.24, 2.45) is 0 Å². The zero-order valence-corrected chi connectivity index (χ0v) is 22.1. The molecule has 0 spiro atoms. The van der Waals surface area contributed by atoms with E-state index in [0.29, 0.717) is 22.9 Å². The highest BCUT2D eigenvalue weighted by Gasteiger charge is 2.15. The highest BCUT2D eigenvalue weighted by Crippen LogP contribution is 2.26. The summed E-state index contributed by atoms with van der Waals surface area (Å²) in [5.41, 5.74) is 2.94. The van der Waals surface area contributed by atoms with Crippen LogP contribution < -0.4 is 14.2 Å². The normalized spacial score (nSPS) is 11.6. The highest BCUT2D eigenvalue weighted by molar-refractivity contribution is 7.93. The quantitative estimate of drug-likeness (QED) is 0.251. The van der Waals surface area contributed by atoms with Crippen LogP contribution in [0, 0.1) is 0 Å². The molecular weight excluding hydrogens is 508 g/mol. The second-order valence-corrected chi connectivity index (χ2v) is 11.7. The third-order valence-corrected chi connectivity index (χ3v) is 8.53. The van der Waals surface area contributed by atoms with Gasteiger partial charge in [0.25, 0.3) is 20.0 Å². The first-order valence-corrected chi connectivity index (χ1v) is 14.8. The Labute approximate surface area is 218 Å². The Morgan fingerprint density at radius 2 is 0.838 bits per heavy atom. The van der Waals surface area contributed by atoms with Gasteiger partial charge in [0.1, 0.15) is 11.5 Å². The van der Waals surface area contributed by atoms with E-state index >= 15 is 0 Å². The number of benzene rings is 4. The van der Waals surface area contributed by atoms with Crippen molar-refractivity contribution in [2.45, 2.75) is 36.5 Å². The van der Waals surface area contributed by atoms with Crippen molar-refractivity contribution in [1.29, 1.82) is 0 Å². The Bertz CT molecular complexity index is 1430. The molecule has 4 aromatic rings. The summed E-state index contributed by atoms with van der Waals surface area (Å²) in [5.74, 6) is 0.999. The standard InChI is InChI=1S/C28H28N2O5S2/c1-3-21-5-17-27(18-6-21)36(31,32)29-23-9-13-25(14-10-23)35-26-15-11-24(12-16-26)30-37(33,34)28-19-7-22(4-2)8-20-28/h5-20,29-30H,3-4H2,1-2H3. The molecular formula is C28H28N2O5S2. The second-order valence-electron chi connectivity index (χ2n) is 8.36. The first-order chi connectivity index (χ1) is 17.7. The largest absolute Gasteiger partial charge is 0.457 e. The smallest absolute Gasteiger partial charge is 0.261 e.